The molecule has 0 saturated heterocycles. The van der Waals surface area contributed by atoms with Crippen molar-refractivity contribution in [2.24, 2.45) is 0 Å². The van der Waals surface area contributed by atoms with Gasteiger partial charge in [0, 0.05) is 44.4 Å². The number of fused-ring (bicyclic) bond motifs is 2. The Morgan fingerprint density at radius 3 is 2.81 bits per heavy atom. The molecule has 4 aromatic rings. The highest BCUT2D eigenvalue weighted by Crippen LogP contribution is 2.31. The minimum absolute atomic E-state index is 0.264. The van der Waals surface area contributed by atoms with Gasteiger partial charge in [-0.2, -0.15) is 4.98 Å². The molecule has 2 N–H and O–H groups in total. The second-order valence-corrected chi connectivity index (χ2v) is 7.45. The second kappa shape index (κ2) is 8.40. The van der Waals surface area contributed by atoms with E-state index in [0.717, 1.165) is 41.0 Å². The first kappa shape index (κ1) is 19.6. The molecule has 1 aliphatic carbocycles. The summed E-state index contributed by atoms with van der Waals surface area (Å²) in [4.78, 5) is 18.0. The maximum Gasteiger partial charge on any atom is 0.243 e. The van der Waals surface area contributed by atoms with Gasteiger partial charge in [0.25, 0.3) is 0 Å². The zero-order chi connectivity index (χ0) is 21.2. The molecule has 31 heavy (non-hydrogen) atoms. The first-order valence-corrected chi connectivity index (χ1v) is 10.3. The summed E-state index contributed by atoms with van der Waals surface area (Å²) < 4.78 is 12.6. The molecule has 160 valence electrons. The lowest BCUT2D eigenvalue weighted by Crippen LogP contribution is -2.41. The molecule has 1 saturated carbocycles. The lowest BCUT2D eigenvalue weighted by atomic mass is 9.89. The fraction of sp³-hybridized carbons (Fsp3) is 0.381. The number of pyridine rings is 1. The molecule has 0 bridgehead atoms. The van der Waals surface area contributed by atoms with Crippen LogP contribution in [-0.2, 0) is 9.47 Å². The van der Waals surface area contributed by atoms with Gasteiger partial charge in [0.2, 0.25) is 5.95 Å². The number of nitrogens with zero attached hydrogens (tertiary/aromatic N) is 6. The van der Waals surface area contributed by atoms with E-state index in [1.54, 1.807) is 19.5 Å². The SMILES string of the molecule is CNc1nc(NC2CC(OCCOC)C2)nn2ccc(-c3ccc4nccnc4n3)c12. The van der Waals surface area contributed by atoms with E-state index in [2.05, 4.69) is 30.7 Å². The molecule has 10 heteroatoms. The molecule has 10 nitrogen and oxygen atoms in total. The topological polar surface area (TPSA) is 111 Å². The number of ether oxygens (including phenoxy) is 2. The van der Waals surface area contributed by atoms with Crippen molar-refractivity contribution in [3.8, 4) is 11.3 Å². The van der Waals surface area contributed by atoms with Crippen molar-refractivity contribution in [2.45, 2.75) is 25.0 Å². The summed E-state index contributed by atoms with van der Waals surface area (Å²) in [5, 5.41) is 11.3. The van der Waals surface area contributed by atoms with Crippen LogP contribution in [0.2, 0.25) is 0 Å². The van der Waals surface area contributed by atoms with Crippen LogP contribution in [0.1, 0.15) is 12.8 Å². The van der Waals surface area contributed by atoms with Crippen LogP contribution >= 0.6 is 0 Å². The molecule has 0 radical (unpaired) electrons. The quantitative estimate of drug-likeness (QED) is 0.415. The molecule has 0 spiro atoms. The molecule has 4 heterocycles. The molecule has 0 aliphatic heterocycles. The fourth-order valence-corrected chi connectivity index (χ4v) is 3.77. The molecule has 0 atom stereocenters. The fourth-order valence-electron chi connectivity index (χ4n) is 3.77. The van der Waals surface area contributed by atoms with Gasteiger partial charge in [-0.05, 0) is 31.0 Å². The van der Waals surface area contributed by atoms with E-state index in [1.165, 1.54) is 0 Å². The average molecular weight is 420 g/mol. The van der Waals surface area contributed by atoms with Gasteiger partial charge in [-0.1, -0.05) is 0 Å². The van der Waals surface area contributed by atoms with Crippen molar-refractivity contribution >= 4 is 28.4 Å². The molecule has 1 aliphatic rings. The predicted molar refractivity (Wildman–Crippen MR) is 117 cm³/mol. The van der Waals surface area contributed by atoms with Crippen molar-refractivity contribution in [2.75, 3.05) is 38.0 Å². The van der Waals surface area contributed by atoms with E-state index < -0.39 is 0 Å². The second-order valence-electron chi connectivity index (χ2n) is 7.45. The third kappa shape index (κ3) is 3.87. The number of hydrogen-bond acceptors (Lipinski definition) is 9. The minimum atomic E-state index is 0.264. The summed E-state index contributed by atoms with van der Waals surface area (Å²) >= 11 is 0. The van der Waals surface area contributed by atoms with E-state index in [9.17, 15) is 0 Å². The van der Waals surface area contributed by atoms with Crippen LogP contribution in [0.4, 0.5) is 11.8 Å². The van der Waals surface area contributed by atoms with Crippen LogP contribution in [0.25, 0.3) is 27.9 Å². The Hall–Kier alpha value is -3.37. The summed E-state index contributed by atoms with van der Waals surface area (Å²) in [5.74, 6) is 1.31. The number of rotatable bonds is 8. The highest BCUT2D eigenvalue weighted by Gasteiger charge is 2.30. The molecular weight excluding hydrogens is 396 g/mol. The van der Waals surface area contributed by atoms with Crippen LogP contribution in [0.15, 0.2) is 36.8 Å². The maximum absolute atomic E-state index is 5.74. The Kier molecular flexibility index (Phi) is 5.31. The van der Waals surface area contributed by atoms with Gasteiger partial charge < -0.3 is 20.1 Å². The summed E-state index contributed by atoms with van der Waals surface area (Å²) in [7, 11) is 3.53. The highest BCUT2D eigenvalue weighted by molar-refractivity contribution is 5.89. The lowest BCUT2D eigenvalue weighted by Gasteiger charge is -2.35. The van der Waals surface area contributed by atoms with Crippen molar-refractivity contribution in [3.63, 3.8) is 0 Å². The van der Waals surface area contributed by atoms with Crippen LogP contribution in [0, 0.1) is 0 Å². The number of methoxy groups -OCH3 is 1. The highest BCUT2D eigenvalue weighted by atomic mass is 16.5. The third-order valence-electron chi connectivity index (χ3n) is 5.42. The largest absolute Gasteiger partial charge is 0.382 e. The van der Waals surface area contributed by atoms with E-state index in [4.69, 9.17) is 14.5 Å². The molecular formula is C21H24N8O2. The van der Waals surface area contributed by atoms with Gasteiger partial charge in [-0.15, -0.1) is 5.10 Å². The van der Waals surface area contributed by atoms with Gasteiger partial charge in [0.1, 0.15) is 11.0 Å². The molecule has 0 aromatic carbocycles. The Bertz CT molecular complexity index is 1200. The summed E-state index contributed by atoms with van der Waals surface area (Å²) in [6, 6.07) is 6.15. The molecule has 4 aromatic heterocycles. The van der Waals surface area contributed by atoms with E-state index in [1.807, 2.05) is 36.0 Å². The van der Waals surface area contributed by atoms with Crippen molar-refractivity contribution < 1.29 is 9.47 Å². The molecule has 5 rings (SSSR count). The van der Waals surface area contributed by atoms with E-state index in [-0.39, 0.29) is 6.10 Å². The summed E-state index contributed by atoms with van der Waals surface area (Å²) in [5.41, 5.74) is 3.95. The van der Waals surface area contributed by atoms with Crippen molar-refractivity contribution in [1.29, 1.82) is 0 Å². The van der Waals surface area contributed by atoms with Gasteiger partial charge in [-0.3, -0.25) is 4.98 Å². The Labute approximate surface area is 179 Å². The van der Waals surface area contributed by atoms with Crippen LogP contribution in [0.3, 0.4) is 0 Å². The smallest absolute Gasteiger partial charge is 0.243 e. The predicted octanol–water partition coefficient (Wildman–Crippen LogP) is 2.38. The van der Waals surface area contributed by atoms with Crippen LogP contribution in [-0.4, -0.2) is 69.1 Å². The zero-order valence-corrected chi connectivity index (χ0v) is 17.4. The Balaban J connectivity index is 1.38. The molecule has 0 amide bonds. The third-order valence-corrected chi connectivity index (χ3v) is 5.42. The monoisotopic (exact) mass is 420 g/mol. The van der Waals surface area contributed by atoms with Crippen molar-refractivity contribution in [1.82, 2.24) is 29.5 Å². The zero-order valence-electron chi connectivity index (χ0n) is 17.4. The summed E-state index contributed by atoms with van der Waals surface area (Å²) in [6.07, 6.45) is 7.34. The van der Waals surface area contributed by atoms with Gasteiger partial charge in [-0.25, -0.2) is 14.5 Å². The first-order chi connectivity index (χ1) is 15.2. The lowest BCUT2D eigenvalue weighted by molar-refractivity contribution is -0.0261. The minimum Gasteiger partial charge on any atom is -0.382 e. The average Bonchev–Trinajstić information content (AvgIpc) is 3.20. The number of hydrogen-bond donors (Lipinski definition) is 2. The van der Waals surface area contributed by atoms with Gasteiger partial charge in [0.05, 0.1) is 25.0 Å². The Morgan fingerprint density at radius 1 is 1.10 bits per heavy atom. The maximum atomic E-state index is 5.74. The number of anilines is 2. The molecule has 0 unspecified atom stereocenters. The van der Waals surface area contributed by atoms with Crippen molar-refractivity contribution in [3.05, 3.63) is 36.8 Å². The van der Waals surface area contributed by atoms with E-state index >= 15 is 0 Å². The molecule has 1 fully saturated rings. The van der Waals surface area contributed by atoms with Gasteiger partial charge in [0.15, 0.2) is 11.5 Å². The standard InChI is InChI=1S/C21H24N8O2/c1-22-20-18-15(16-3-4-17-19(26-16)24-7-6-23-17)5-8-29(18)28-21(27-20)25-13-11-14(12-13)31-10-9-30-2/h3-8,13-14H,9-12H2,1-2H3,(H2,22,25,27,28). The number of nitrogens with one attached hydrogen (secondary N) is 2. The summed E-state index contributed by atoms with van der Waals surface area (Å²) in [6.45, 7) is 1.25. The Morgan fingerprint density at radius 2 is 1.97 bits per heavy atom. The van der Waals surface area contributed by atoms with Gasteiger partial charge >= 0.3 is 0 Å². The number of aromatic nitrogens is 6. The first-order valence-electron chi connectivity index (χ1n) is 10.3. The van der Waals surface area contributed by atoms with Crippen LogP contribution < -0.4 is 10.6 Å². The normalized spacial score (nSPS) is 18.3. The van der Waals surface area contributed by atoms with E-state index in [0.29, 0.717) is 30.9 Å². The van der Waals surface area contributed by atoms with Crippen LogP contribution in [0.5, 0.6) is 0 Å².